The molecule has 0 atom stereocenters. The van der Waals surface area contributed by atoms with Gasteiger partial charge in [-0.2, -0.15) is 0 Å². The normalized spacial score (nSPS) is 17.8. The first kappa shape index (κ1) is 10.8. The minimum Gasteiger partial charge on any atom is -0.343 e. The summed E-state index contributed by atoms with van der Waals surface area (Å²) in [5.74, 6) is 1.43. The van der Waals surface area contributed by atoms with E-state index in [2.05, 4.69) is 40.8 Å². The highest BCUT2D eigenvalue weighted by molar-refractivity contribution is 5.76. The van der Waals surface area contributed by atoms with Crippen LogP contribution in [0.1, 0.15) is 25.5 Å². The minimum atomic E-state index is 0.669. The van der Waals surface area contributed by atoms with E-state index in [0.717, 1.165) is 11.6 Å². The van der Waals surface area contributed by atoms with Crippen LogP contribution in [0.5, 0.6) is 0 Å². The molecule has 0 aromatic carbocycles. The average molecular weight is 229 g/mol. The van der Waals surface area contributed by atoms with Gasteiger partial charge in [0.15, 0.2) is 0 Å². The maximum absolute atomic E-state index is 4.34. The number of nitrogens with zero attached hydrogens (tertiary/aromatic N) is 2. The topological polar surface area (TPSA) is 31.9 Å². The molecule has 0 radical (unpaired) electrons. The number of likely N-dealkylation sites (tertiary alicyclic amines) is 1. The van der Waals surface area contributed by atoms with Crippen molar-refractivity contribution in [2.24, 2.45) is 5.92 Å². The molecule has 3 nitrogen and oxygen atoms in total. The molecule has 17 heavy (non-hydrogen) atoms. The number of aromatic nitrogens is 2. The molecule has 0 amide bonds. The van der Waals surface area contributed by atoms with E-state index in [-0.39, 0.29) is 0 Å². The van der Waals surface area contributed by atoms with Crippen LogP contribution in [0, 0.1) is 5.92 Å². The van der Waals surface area contributed by atoms with Crippen LogP contribution in [-0.2, 0) is 0 Å². The fraction of sp³-hybridized carbons (Fsp3) is 0.500. The van der Waals surface area contributed by atoms with Crippen molar-refractivity contribution in [3.05, 3.63) is 30.1 Å². The average Bonchev–Trinajstić information content (AvgIpc) is 2.65. The van der Waals surface area contributed by atoms with Crippen LogP contribution >= 0.6 is 0 Å². The third-order valence-corrected chi connectivity index (χ3v) is 3.43. The van der Waals surface area contributed by atoms with Crippen molar-refractivity contribution in [3.8, 4) is 0 Å². The van der Waals surface area contributed by atoms with Gasteiger partial charge in [-0.05, 0) is 24.1 Å². The SMILES string of the molecule is CC(C)CN1CC(c2cc3cccnc3[nH]2)C1. The third-order valence-electron chi connectivity index (χ3n) is 3.43. The predicted octanol–water partition coefficient (Wildman–Crippen LogP) is 2.62. The summed E-state index contributed by atoms with van der Waals surface area (Å²) in [6.45, 7) is 8.14. The molecule has 3 heteroatoms. The van der Waals surface area contributed by atoms with Gasteiger partial charge in [0.2, 0.25) is 0 Å². The second-order valence-electron chi connectivity index (χ2n) is 5.48. The molecule has 0 saturated carbocycles. The predicted molar refractivity (Wildman–Crippen MR) is 70.1 cm³/mol. The zero-order valence-electron chi connectivity index (χ0n) is 10.5. The van der Waals surface area contributed by atoms with Gasteiger partial charge in [0, 0.05) is 42.8 Å². The lowest BCUT2D eigenvalue weighted by Gasteiger charge is -2.39. The van der Waals surface area contributed by atoms with Crippen LogP contribution in [0.25, 0.3) is 11.0 Å². The van der Waals surface area contributed by atoms with Gasteiger partial charge in [-0.25, -0.2) is 4.98 Å². The van der Waals surface area contributed by atoms with E-state index in [0.29, 0.717) is 5.92 Å². The number of fused-ring (bicyclic) bond motifs is 1. The Bertz CT molecular complexity index is 476. The third kappa shape index (κ3) is 2.07. The van der Waals surface area contributed by atoms with Gasteiger partial charge >= 0.3 is 0 Å². The Morgan fingerprint density at radius 2 is 2.29 bits per heavy atom. The van der Waals surface area contributed by atoms with Crippen molar-refractivity contribution >= 4 is 11.0 Å². The van der Waals surface area contributed by atoms with Gasteiger partial charge in [-0.15, -0.1) is 0 Å². The van der Waals surface area contributed by atoms with E-state index in [9.17, 15) is 0 Å². The lowest BCUT2D eigenvalue weighted by molar-refractivity contribution is 0.129. The van der Waals surface area contributed by atoms with Gasteiger partial charge in [0.25, 0.3) is 0 Å². The molecule has 2 aromatic rings. The summed E-state index contributed by atoms with van der Waals surface area (Å²) in [5, 5.41) is 1.23. The number of H-pyrrole nitrogens is 1. The van der Waals surface area contributed by atoms with Crippen LogP contribution in [0.15, 0.2) is 24.4 Å². The highest BCUT2D eigenvalue weighted by Crippen LogP contribution is 2.28. The van der Waals surface area contributed by atoms with Gasteiger partial charge in [-0.1, -0.05) is 13.8 Å². The molecule has 0 aliphatic carbocycles. The zero-order valence-corrected chi connectivity index (χ0v) is 10.5. The number of hydrogen-bond donors (Lipinski definition) is 1. The number of pyridine rings is 1. The van der Waals surface area contributed by atoms with Gasteiger partial charge in [0.1, 0.15) is 5.65 Å². The van der Waals surface area contributed by atoms with Gasteiger partial charge < -0.3 is 9.88 Å². The van der Waals surface area contributed by atoms with Crippen LogP contribution < -0.4 is 0 Å². The minimum absolute atomic E-state index is 0.669. The Morgan fingerprint density at radius 1 is 1.47 bits per heavy atom. The monoisotopic (exact) mass is 229 g/mol. The Kier molecular flexibility index (Phi) is 2.63. The Balaban J connectivity index is 1.70. The van der Waals surface area contributed by atoms with Crippen LogP contribution in [0.4, 0.5) is 0 Å². The van der Waals surface area contributed by atoms with Crippen molar-refractivity contribution in [2.75, 3.05) is 19.6 Å². The summed E-state index contributed by atoms with van der Waals surface area (Å²) in [7, 11) is 0. The summed E-state index contributed by atoms with van der Waals surface area (Å²) in [5.41, 5.74) is 2.36. The van der Waals surface area contributed by atoms with Crippen LogP contribution in [-0.4, -0.2) is 34.5 Å². The molecule has 1 aliphatic heterocycles. The molecule has 1 aliphatic rings. The first-order valence-corrected chi connectivity index (χ1v) is 6.38. The summed E-state index contributed by atoms with van der Waals surface area (Å²) < 4.78 is 0. The smallest absolute Gasteiger partial charge is 0.137 e. The molecule has 0 bridgehead atoms. The van der Waals surface area contributed by atoms with E-state index in [1.54, 1.807) is 0 Å². The maximum Gasteiger partial charge on any atom is 0.137 e. The van der Waals surface area contributed by atoms with Gasteiger partial charge in [-0.3, -0.25) is 0 Å². The molecule has 1 fully saturated rings. The number of hydrogen-bond acceptors (Lipinski definition) is 2. The summed E-state index contributed by atoms with van der Waals surface area (Å²) >= 11 is 0. The largest absolute Gasteiger partial charge is 0.343 e. The fourth-order valence-electron chi connectivity index (χ4n) is 2.63. The highest BCUT2D eigenvalue weighted by atomic mass is 15.2. The standard InChI is InChI=1S/C14H19N3/c1-10(2)7-17-8-12(9-17)13-6-11-4-3-5-15-14(11)16-13/h3-6,10,12H,7-9H2,1-2H3,(H,15,16). The molecule has 2 aromatic heterocycles. The molecular formula is C14H19N3. The second-order valence-corrected chi connectivity index (χ2v) is 5.48. The molecule has 1 N–H and O–H groups in total. The van der Waals surface area contributed by atoms with E-state index >= 15 is 0 Å². The summed E-state index contributed by atoms with van der Waals surface area (Å²) in [6.07, 6.45) is 1.84. The van der Waals surface area contributed by atoms with Crippen molar-refractivity contribution in [2.45, 2.75) is 19.8 Å². The summed E-state index contributed by atoms with van der Waals surface area (Å²) in [4.78, 5) is 10.3. The Labute approximate surface area is 102 Å². The first-order chi connectivity index (χ1) is 8.22. The van der Waals surface area contributed by atoms with Crippen molar-refractivity contribution in [3.63, 3.8) is 0 Å². The van der Waals surface area contributed by atoms with E-state index < -0.39 is 0 Å². The molecular weight excluding hydrogens is 210 g/mol. The molecule has 3 rings (SSSR count). The van der Waals surface area contributed by atoms with Crippen molar-refractivity contribution in [1.29, 1.82) is 0 Å². The lowest BCUT2D eigenvalue weighted by atomic mass is 9.95. The molecule has 3 heterocycles. The fourth-order valence-corrected chi connectivity index (χ4v) is 2.63. The van der Waals surface area contributed by atoms with Crippen molar-refractivity contribution in [1.82, 2.24) is 14.9 Å². The Morgan fingerprint density at radius 3 is 3.00 bits per heavy atom. The Hall–Kier alpha value is -1.35. The number of aromatic amines is 1. The van der Waals surface area contributed by atoms with E-state index in [4.69, 9.17) is 0 Å². The molecule has 0 unspecified atom stereocenters. The quantitative estimate of drug-likeness (QED) is 0.877. The van der Waals surface area contributed by atoms with Crippen LogP contribution in [0.2, 0.25) is 0 Å². The molecule has 0 spiro atoms. The zero-order chi connectivity index (χ0) is 11.8. The van der Waals surface area contributed by atoms with Gasteiger partial charge in [0.05, 0.1) is 0 Å². The highest BCUT2D eigenvalue weighted by Gasteiger charge is 2.29. The summed E-state index contributed by atoms with van der Waals surface area (Å²) in [6, 6.07) is 6.36. The molecule has 1 saturated heterocycles. The van der Waals surface area contributed by atoms with E-state index in [1.807, 2.05) is 12.3 Å². The number of rotatable bonds is 3. The van der Waals surface area contributed by atoms with E-state index in [1.165, 1.54) is 30.7 Å². The molecule has 90 valence electrons. The van der Waals surface area contributed by atoms with Crippen LogP contribution in [0.3, 0.4) is 0 Å². The maximum atomic E-state index is 4.34. The van der Waals surface area contributed by atoms with Crippen molar-refractivity contribution < 1.29 is 0 Å². The first-order valence-electron chi connectivity index (χ1n) is 6.38. The number of nitrogens with one attached hydrogen (secondary N) is 1. The second kappa shape index (κ2) is 4.15. The lowest BCUT2D eigenvalue weighted by Crippen LogP contribution is -2.46.